The van der Waals surface area contributed by atoms with Gasteiger partial charge in [0.25, 0.3) is 0 Å². The average Bonchev–Trinajstić information content (AvgIpc) is 2.25. The number of nitrogen functional groups attached to an aromatic ring is 2. The van der Waals surface area contributed by atoms with Crippen molar-refractivity contribution in [1.29, 1.82) is 0 Å². The number of amides is 1. The van der Waals surface area contributed by atoms with Crippen molar-refractivity contribution in [1.82, 2.24) is 4.90 Å². The number of hydrogen-bond acceptors (Lipinski definition) is 4. The molecule has 1 rings (SSSR count). The molecule has 0 radical (unpaired) electrons. The van der Waals surface area contributed by atoms with Gasteiger partial charge < -0.3 is 21.7 Å². The Labute approximate surface area is 104 Å². The molecule has 5 N–H and O–H groups in total. The summed E-state index contributed by atoms with van der Waals surface area (Å²) in [6.07, 6.45) is 0. The van der Waals surface area contributed by atoms with Gasteiger partial charge in [-0.25, -0.2) is 4.39 Å². The SMILES string of the molecule is CN(C)C(=O)CNc1c(N)cc(N)c(Cl)c1F. The minimum Gasteiger partial charge on any atom is -0.397 e. The highest BCUT2D eigenvalue weighted by molar-refractivity contribution is 6.33. The Hall–Kier alpha value is -1.69. The molecule has 0 aliphatic carbocycles. The molecule has 1 aromatic carbocycles. The van der Waals surface area contributed by atoms with Crippen molar-refractivity contribution in [3.05, 3.63) is 16.9 Å². The number of benzene rings is 1. The lowest BCUT2D eigenvalue weighted by molar-refractivity contribution is -0.126. The highest BCUT2D eigenvalue weighted by atomic mass is 35.5. The van der Waals surface area contributed by atoms with Crippen molar-refractivity contribution in [3.63, 3.8) is 0 Å². The van der Waals surface area contributed by atoms with Gasteiger partial charge in [0, 0.05) is 14.1 Å². The van der Waals surface area contributed by atoms with Gasteiger partial charge in [-0.05, 0) is 6.07 Å². The predicted octanol–water partition coefficient (Wildman–Crippen LogP) is 1.14. The first-order valence-electron chi connectivity index (χ1n) is 4.81. The van der Waals surface area contributed by atoms with Crippen LogP contribution in [0.1, 0.15) is 0 Å². The minimum absolute atomic E-state index is 0.0144. The maximum atomic E-state index is 13.7. The molecule has 0 saturated heterocycles. The smallest absolute Gasteiger partial charge is 0.241 e. The number of anilines is 3. The van der Waals surface area contributed by atoms with E-state index in [9.17, 15) is 9.18 Å². The van der Waals surface area contributed by atoms with Crippen LogP contribution in [0, 0.1) is 5.82 Å². The van der Waals surface area contributed by atoms with E-state index in [-0.39, 0.29) is 34.5 Å². The summed E-state index contributed by atoms with van der Waals surface area (Å²) in [7, 11) is 3.19. The zero-order chi connectivity index (χ0) is 13.2. The van der Waals surface area contributed by atoms with Gasteiger partial charge in [0.15, 0.2) is 5.82 Å². The van der Waals surface area contributed by atoms with Crippen LogP contribution in [-0.2, 0) is 4.79 Å². The van der Waals surface area contributed by atoms with Crippen molar-refractivity contribution in [2.24, 2.45) is 0 Å². The van der Waals surface area contributed by atoms with Crippen LogP contribution in [0.2, 0.25) is 5.02 Å². The maximum absolute atomic E-state index is 13.7. The average molecular weight is 261 g/mol. The lowest BCUT2D eigenvalue weighted by Gasteiger charge is -2.15. The van der Waals surface area contributed by atoms with Gasteiger partial charge in [-0.1, -0.05) is 11.6 Å². The fraction of sp³-hybridized carbons (Fsp3) is 0.300. The van der Waals surface area contributed by atoms with Crippen LogP contribution < -0.4 is 16.8 Å². The number of nitrogens with one attached hydrogen (secondary N) is 1. The van der Waals surface area contributed by atoms with Crippen LogP contribution in [0.25, 0.3) is 0 Å². The van der Waals surface area contributed by atoms with Crippen molar-refractivity contribution in [2.75, 3.05) is 37.4 Å². The molecule has 0 atom stereocenters. The quantitative estimate of drug-likeness (QED) is 0.712. The Morgan fingerprint density at radius 3 is 2.59 bits per heavy atom. The van der Waals surface area contributed by atoms with Gasteiger partial charge in [-0.2, -0.15) is 0 Å². The lowest BCUT2D eigenvalue weighted by Crippen LogP contribution is -2.29. The van der Waals surface area contributed by atoms with E-state index in [1.807, 2.05) is 0 Å². The van der Waals surface area contributed by atoms with E-state index < -0.39 is 5.82 Å². The molecule has 0 aromatic heterocycles. The lowest BCUT2D eigenvalue weighted by atomic mass is 10.2. The molecule has 0 heterocycles. The fourth-order valence-electron chi connectivity index (χ4n) is 1.17. The summed E-state index contributed by atoms with van der Waals surface area (Å²) in [5.41, 5.74) is 11.2. The molecule has 17 heavy (non-hydrogen) atoms. The van der Waals surface area contributed by atoms with E-state index in [1.165, 1.54) is 11.0 Å². The van der Waals surface area contributed by atoms with E-state index in [0.717, 1.165) is 0 Å². The molecular formula is C10H14ClFN4O. The van der Waals surface area contributed by atoms with Crippen LogP contribution >= 0.6 is 11.6 Å². The number of hydrogen-bond donors (Lipinski definition) is 3. The minimum atomic E-state index is -0.754. The third-order valence-corrected chi connectivity index (χ3v) is 2.56. The van der Waals surface area contributed by atoms with Crippen molar-refractivity contribution < 1.29 is 9.18 Å². The molecule has 0 spiro atoms. The van der Waals surface area contributed by atoms with Crippen LogP contribution in [0.5, 0.6) is 0 Å². The monoisotopic (exact) mass is 260 g/mol. The predicted molar refractivity (Wildman–Crippen MR) is 67.4 cm³/mol. The molecular weight excluding hydrogens is 247 g/mol. The molecule has 5 nitrogen and oxygen atoms in total. The standard InChI is InChI=1S/C10H14ClFN4O/c1-16(2)7(17)4-15-10-6(14)3-5(13)8(11)9(10)12/h3,15H,4,13-14H2,1-2H3. The first-order chi connectivity index (χ1) is 7.84. The van der Waals surface area contributed by atoms with E-state index in [1.54, 1.807) is 14.1 Å². The van der Waals surface area contributed by atoms with Crippen molar-refractivity contribution >= 4 is 34.6 Å². The number of likely N-dealkylation sites (N-methyl/N-ethyl adjacent to an activating group) is 1. The van der Waals surface area contributed by atoms with Crippen LogP contribution in [0.3, 0.4) is 0 Å². The van der Waals surface area contributed by atoms with Crippen LogP contribution in [-0.4, -0.2) is 31.4 Å². The molecule has 1 amide bonds. The highest BCUT2D eigenvalue weighted by Crippen LogP contribution is 2.33. The Balaban J connectivity index is 2.92. The molecule has 0 saturated carbocycles. The Morgan fingerprint density at radius 2 is 2.06 bits per heavy atom. The van der Waals surface area contributed by atoms with Gasteiger partial charge in [0.1, 0.15) is 5.02 Å². The number of nitrogens with zero attached hydrogens (tertiary/aromatic N) is 1. The largest absolute Gasteiger partial charge is 0.397 e. The van der Waals surface area contributed by atoms with Crippen molar-refractivity contribution in [3.8, 4) is 0 Å². The maximum Gasteiger partial charge on any atom is 0.241 e. The summed E-state index contributed by atoms with van der Waals surface area (Å²) >= 11 is 5.64. The van der Waals surface area contributed by atoms with E-state index in [4.69, 9.17) is 23.1 Å². The first-order valence-corrected chi connectivity index (χ1v) is 5.19. The molecule has 0 unspecified atom stereocenters. The third kappa shape index (κ3) is 2.91. The van der Waals surface area contributed by atoms with E-state index >= 15 is 0 Å². The number of nitrogens with two attached hydrogens (primary N) is 2. The number of rotatable bonds is 3. The summed E-state index contributed by atoms with van der Waals surface area (Å²) in [6, 6.07) is 1.34. The molecule has 94 valence electrons. The summed E-state index contributed by atoms with van der Waals surface area (Å²) in [4.78, 5) is 12.7. The summed E-state index contributed by atoms with van der Waals surface area (Å²) in [5, 5.41) is 2.39. The normalized spacial score (nSPS) is 10.1. The first kappa shape index (κ1) is 13.4. The molecule has 0 aliphatic rings. The second-order valence-electron chi connectivity index (χ2n) is 3.70. The molecule has 0 fully saturated rings. The Morgan fingerprint density at radius 1 is 1.47 bits per heavy atom. The molecule has 7 heteroatoms. The Kier molecular flexibility index (Phi) is 4.01. The van der Waals surface area contributed by atoms with Gasteiger partial charge in [0.2, 0.25) is 5.91 Å². The third-order valence-electron chi connectivity index (χ3n) is 2.18. The number of carbonyl (C=O) groups excluding carboxylic acids is 1. The van der Waals surface area contributed by atoms with Gasteiger partial charge in [-0.15, -0.1) is 0 Å². The molecule has 1 aromatic rings. The van der Waals surface area contributed by atoms with E-state index in [2.05, 4.69) is 5.32 Å². The van der Waals surface area contributed by atoms with Gasteiger partial charge >= 0.3 is 0 Å². The topological polar surface area (TPSA) is 84.4 Å². The molecule has 0 aliphatic heterocycles. The fourth-order valence-corrected chi connectivity index (χ4v) is 1.32. The zero-order valence-corrected chi connectivity index (χ0v) is 10.3. The number of halogens is 2. The van der Waals surface area contributed by atoms with Crippen LogP contribution in [0.15, 0.2) is 6.07 Å². The zero-order valence-electron chi connectivity index (χ0n) is 9.55. The van der Waals surface area contributed by atoms with E-state index in [0.29, 0.717) is 0 Å². The van der Waals surface area contributed by atoms with Crippen LogP contribution in [0.4, 0.5) is 21.5 Å². The second-order valence-corrected chi connectivity index (χ2v) is 4.08. The van der Waals surface area contributed by atoms with Gasteiger partial charge in [-0.3, -0.25) is 4.79 Å². The summed E-state index contributed by atoms with van der Waals surface area (Å²) in [5.74, 6) is -0.965. The van der Waals surface area contributed by atoms with Crippen molar-refractivity contribution in [2.45, 2.75) is 0 Å². The highest BCUT2D eigenvalue weighted by Gasteiger charge is 2.15. The number of carbonyl (C=O) groups is 1. The summed E-state index contributed by atoms with van der Waals surface area (Å²) in [6.45, 7) is -0.0750. The second kappa shape index (κ2) is 5.09. The summed E-state index contributed by atoms with van der Waals surface area (Å²) < 4.78 is 13.7. The Bertz CT molecular complexity index is 450. The van der Waals surface area contributed by atoms with Gasteiger partial charge in [0.05, 0.1) is 23.6 Å². The molecule has 0 bridgehead atoms.